The van der Waals surface area contributed by atoms with Gasteiger partial charge in [-0.3, -0.25) is 4.79 Å². The van der Waals surface area contributed by atoms with Crippen LogP contribution in [0.25, 0.3) is 21.9 Å². The largest absolute Gasteiger partial charge is 0.378 e. The van der Waals surface area contributed by atoms with E-state index >= 15 is 0 Å². The average Bonchev–Trinajstić information content (AvgIpc) is 3.20. The van der Waals surface area contributed by atoms with Gasteiger partial charge in [0.15, 0.2) is 0 Å². The zero-order chi connectivity index (χ0) is 25.5. The fourth-order valence-electron chi connectivity index (χ4n) is 6.46. The molecule has 4 atom stereocenters. The second kappa shape index (κ2) is 9.55. The number of benzene rings is 4. The van der Waals surface area contributed by atoms with Crippen LogP contribution in [0.3, 0.4) is 0 Å². The number of anilines is 1. The van der Waals surface area contributed by atoms with Crippen LogP contribution in [0.4, 0.5) is 5.69 Å². The lowest BCUT2D eigenvalue weighted by Crippen LogP contribution is -2.30. The molecule has 1 aliphatic heterocycles. The van der Waals surface area contributed by atoms with Crippen LogP contribution in [0, 0.1) is 17.8 Å². The van der Waals surface area contributed by atoms with E-state index in [4.69, 9.17) is 0 Å². The van der Waals surface area contributed by atoms with Crippen molar-refractivity contribution >= 4 is 22.4 Å². The Morgan fingerprint density at radius 1 is 0.865 bits per heavy atom. The minimum atomic E-state index is -0.00941. The maximum Gasteiger partial charge on any atom is 0.227 e. The first-order valence-corrected chi connectivity index (χ1v) is 13.3. The van der Waals surface area contributed by atoms with E-state index in [2.05, 4.69) is 128 Å². The zero-order valence-corrected chi connectivity index (χ0v) is 21.8. The molecule has 186 valence electrons. The summed E-state index contributed by atoms with van der Waals surface area (Å²) in [5, 5.41) is 2.46. The van der Waals surface area contributed by atoms with Crippen molar-refractivity contribution in [2.24, 2.45) is 17.8 Å². The molecule has 6 rings (SSSR count). The lowest BCUT2D eigenvalue weighted by Gasteiger charge is -2.31. The third-order valence-electron chi connectivity index (χ3n) is 8.31. The van der Waals surface area contributed by atoms with E-state index in [1.165, 1.54) is 38.7 Å². The molecule has 3 heteroatoms. The second-order valence-electron chi connectivity index (χ2n) is 10.8. The van der Waals surface area contributed by atoms with E-state index in [0.717, 1.165) is 6.42 Å². The first kappa shape index (κ1) is 23.5. The lowest BCUT2D eigenvalue weighted by molar-refractivity contribution is -0.134. The van der Waals surface area contributed by atoms with Crippen molar-refractivity contribution in [3.8, 4) is 11.1 Å². The molecule has 4 aromatic carbocycles. The summed E-state index contributed by atoms with van der Waals surface area (Å²) < 4.78 is 0. The quantitative estimate of drug-likeness (QED) is 0.273. The Labute approximate surface area is 220 Å². The van der Waals surface area contributed by atoms with Gasteiger partial charge in [0.2, 0.25) is 5.91 Å². The van der Waals surface area contributed by atoms with Crippen molar-refractivity contribution in [3.63, 3.8) is 0 Å². The summed E-state index contributed by atoms with van der Waals surface area (Å²) in [4.78, 5) is 18.3. The zero-order valence-electron chi connectivity index (χ0n) is 21.8. The number of carbonyl (C=O) groups excluding carboxylic acids is 1. The maximum absolute atomic E-state index is 14.1. The van der Waals surface area contributed by atoms with Crippen LogP contribution in [0.5, 0.6) is 0 Å². The standard InChI is InChI=1S/C34H34N2O/c1-23-10-9-15-29-31(23)34(37)36(22-24-11-5-4-6-12-24)33(29)30-21-18-25-13-7-8-14-28(25)32(30)26-16-19-27(20-17-26)35(2)3/h4-9,11-21,23,29,31,33H,10,22H2,1-3H3/t23-,29+,31+,33+/m0/s1. The summed E-state index contributed by atoms with van der Waals surface area (Å²) in [6, 6.07) is 32.4. The molecule has 2 aliphatic rings. The van der Waals surface area contributed by atoms with E-state index in [1.807, 2.05) is 6.07 Å². The van der Waals surface area contributed by atoms with Crippen molar-refractivity contribution < 1.29 is 4.79 Å². The number of amides is 1. The molecule has 1 aliphatic carbocycles. The minimum Gasteiger partial charge on any atom is -0.378 e. The highest BCUT2D eigenvalue weighted by molar-refractivity contribution is 5.99. The van der Waals surface area contributed by atoms with Crippen molar-refractivity contribution in [2.75, 3.05) is 19.0 Å². The highest BCUT2D eigenvalue weighted by Crippen LogP contribution is 2.51. The molecule has 4 aromatic rings. The summed E-state index contributed by atoms with van der Waals surface area (Å²) in [5.74, 6) is 0.821. The molecule has 1 saturated heterocycles. The number of hydrogen-bond donors (Lipinski definition) is 0. The molecule has 0 spiro atoms. The molecule has 0 aromatic heterocycles. The summed E-state index contributed by atoms with van der Waals surface area (Å²) in [6.07, 6.45) is 5.59. The molecule has 0 unspecified atom stereocenters. The normalized spacial score (nSPS) is 22.9. The molecular formula is C34H34N2O. The van der Waals surface area contributed by atoms with Crippen molar-refractivity contribution in [3.05, 3.63) is 114 Å². The molecule has 1 heterocycles. The predicted molar refractivity (Wildman–Crippen MR) is 153 cm³/mol. The Hall–Kier alpha value is -3.85. The van der Waals surface area contributed by atoms with Gasteiger partial charge in [-0.05, 0) is 57.5 Å². The summed E-state index contributed by atoms with van der Waals surface area (Å²) in [6.45, 7) is 2.87. The summed E-state index contributed by atoms with van der Waals surface area (Å²) >= 11 is 0. The van der Waals surface area contributed by atoms with Crippen molar-refractivity contribution in [1.29, 1.82) is 0 Å². The number of fused-ring (bicyclic) bond motifs is 2. The topological polar surface area (TPSA) is 23.6 Å². The Morgan fingerprint density at radius 2 is 1.59 bits per heavy atom. The van der Waals surface area contributed by atoms with Crippen LogP contribution >= 0.6 is 0 Å². The van der Waals surface area contributed by atoms with Crippen LogP contribution in [0.15, 0.2) is 103 Å². The van der Waals surface area contributed by atoms with Crippen LogP contribution < -0.4 is 4.90 Å². The number of carbonyl (C=O) groups is 1. The fraction of sp³-hybridized carbons (Fsp3) is 0.265. The van der Waals surface area contributed by atoms with Gasteiger partial charge >= 0.3 is 0 Å². The van der Waals surface area contributed by atoms with Gasteiger partial charge in [-0.2, -0.15) is 0 Å². The van der Waals surface area contributed by atoms with Gasteiger partial charge in [-0.1, -0.05) is 97.9 Å². The predicted octanol–water partition coefficient (Wildman–Crippen LogP) is 7.48. The van der Waals surface area contributed by atoms with Crippen LogP contribution in [-0.2, 0) is 11.3 Å². The average molecular weight is 487 g/mol. The monoisotopic (exact) mass is 486 g/mol. The minimum absolute atomic E-state index is 0.00941. The molecule has 37 heavy (non-hydrogen) atoms. The van der Waals surface area contributed by atoms with Gasteiger partial charge in [-0.15, -0.1) is 0 Å². The third-order valence-corrected chi connectivity index (χ3v) is 8.31. The Morgan fingerprint density at radius 3 is 2.35 bits per heavy atom. The van der Waals surface area contributed by atoms with Crippen LogP contribution in [0.2, 0.25) is 0 Å². The first-order chi connectivity index (χ1) is 18.0. The smallest absolute Gasteiger partial charge is 0.227 e. The Bertz CT molecular complexity index is 1450. The summed E-state index contributed by atoms with van der Waals surface area (Å²) in [7, 11) is 4.14. The van der Waals surface area contributed by atoms with Gasteiger partial charge in [0.25, 0.3) is 0 Å². The Balaban J connectivity index is 1.56. The molecule has 0 N–H and O–H groups in total. The van der Waals surface area contributed by atoms with E-state index < -0.39 is 0 Å². The fourth-order valence-corrected chi connectivity index (χ4v) is 6.46. The highest BCUT2D eigenvalue weighted by Gasteiger charge is 2.50. The van der Waals surface area contributed by atoms with Gasteiger partial charge in [0.05, 0.1) is 6.04 Å². The number of hydrogen-bond acceptors (Lipinski definition) is 2. The van der Waals surface area contributed by atoms with Gasteiger partial charge in [-0.25, -0.2) is 0 Å². The molecule has 3 nitrogen and oxygen atoms in total. The van der Waals surface area contributed by atoms with Gasteiger partial charge in [0.1, 0.15) is 0 Å². The molecule has 0 radical (unpaired) electrons. The highest BCUT2D eigenvalue weighted by atomic mass is 16.2. The number of likely N-dealkylation sites (tertiary alicyclic amines) is 1. The molecule has 0 saturated carbocycles. The van der Waals surface area contributed by atoms with Gasteiger partial charge < -0.3 is 9.80 Å². The molecular weight excluding hydrogens is 452 g/mol. The van der Waals surface area contributed by atoms with Crippen LogP contribution in [-0.4, -0.2) is 24.9 Å². The summed E-state index contributed by atoms with van der Waals surface area (Å²) in [5.41, 5.74) is 6.03. The number of nitrogens with zero attached hydrogens (tertiary/aromatic N) is 2. The maximum atomic E-state index is 14.1. The number of rotatable bonds is 5. The van der Waals surface area contributed by atoms with E-state index in [1.54, 1.807) is 0 Å². The van der Waals surface area contributed by atoms with Crippen LogP contribution in [0.1, 0.15) is 30.5 Å². The first-order valence-electron chi connectivity index (χ1n) is 13.3. The van der Waals surface area contributed by atoms with E-state index in [-0.39, 0.29) is 23.8 Å². The Kier molecular flexibility index (Phi) is 6.08. The molecule has 0 bridgehead atoms. The van der Waals surface area contributed by atoms with E-state index in [9.17, 15) is 4.79 Å². The number of allylic oxidation sites excluding steroid dienone is 1. The van der Waals surface area contributed by atoms with Crippen molar-refractivity contribution in [1.82, 2.24) is 4.90 Å². The second-order valence-corrected chi connectivity index (χ2v) is 10.8. The molecule has 1 fully saturated rings. The SMILES string of the molecule is C[C@H]1CC=C[C@@H]2[C@@H]1C(=O)N(Cc1ccccc1)[C@H]2c1ccc2ccccc2c1-c1ccc(N(C)C)cc1. The lowest BCUT2D eigenvalue weighted by atomic mass is 9.74. The third kappa shape index (κ3) is 4.13. The van der Waals surface area contributed by atoms with E-state index in [0.29, 0.717) is 12.5 Å². The molecule has 1 amide bonds. The van der Waals surface area contributed by atoms with Gasteiger partial charge in [0, 0.05) is 38.2 Å². The van der Waals surface area contributed by atoms with Crippen molar-refractivity contribution in [2.45, 2.75) is 25.9 Å².